The molecule has 2 aromatic heterocycles. The largest absolute Gasteiger partial charge is 0.306 e. The van der Waals surface area contributed by atoms with Gasteiger partial charge in [0, 0.05) is 16.5 Å². The zero-order valence-corrected chi connectivity index (χ0v) is 13.3. The SMILES string of the molecule is CCCNC(c1csc(C)c1)c1cccc2ncccc12. The van der Waals surface area contributed by atoms with Crippen LogP contribution in [0.5, 0.6) is 0 Å². The van der Waals surface area contributed by atoms with Crippen molar-refractivity contribution in [3.63, 3.8) is 0 Å². The van der Waals surface area contributed by atoms with Gasteiger partial charge in [-0.05, 0) is 54.6 Å². The van der Waals surface area contributed by atoms with E-state index < -0.39 is 0 Å². The van der Waals surface area contributed by atoms with Crippen molar-refractivity contribution in [2.75, 3.05) is 6.54 Å². The molecule has 3 aromatic rings. The summed E-state index contributed by atoms with van der Waals surface area (Å²) in [5, 5.41) is 7.18. The summed E-state index contributed by atoms with van der Waals surface area (Å²) in [5.74, 6) is 0. The number of benzene rings is 1. The quantitative estimate of drug-likeness (QED) is 0.738. The third kappa shape index (κ3) is 2.99. The summed E-state index contributed by atoms with van der Waals surface area (Å²) in [6.07, 6.45) is 2.98. The zero-order chi connectivity index (χ0) is 14.7. The lowest BCUT2D eigenvalue weighted by Gasteiger charge is -2.20. The van der Waals surface area contributed by atoms with E-state index in [1.54, 1.807) is 0 Å². The maximum Gasteiger partial charge on any atom is 0.0705 e. The smallest absolute Gasteiger partial charge is 0.0705 e. The number of nitrogens with zero attached hydrogens (tertiary/aromatic N) is 1. The van der Waals surface area contributed by atoms with Gasteiger partial charge in [-0.2, -0.15) is 0 Å². The molecule has 108 valence electrons. The van der Waals surface area contributed by atoms with Gasteiger partial charge in [0.2, 0.25) is 0 Å². The predicted octanol–water partition coefficient (Wildman–Crippen LogP) is 4.69. The Morgan fingerprint density at radius 2 is 2.14 bits per heavy atom. The van der Waals surface area contributed by atoms with Crippen molar-refractivity contribution in [3.05, 3.63) is 64.0 Å². The first kappa shape index (κ1) is 14.2. The molecule has 0 saturated carbocycles. The number of hydrogen-bond donors (Lipinski definition) is 1. The molecule has 0 spiro atoms. The number of nitrogens with one attached hydrogen (secondary N) is 1. The van der Waals surface area contributed by atoms with Gasteiger partial charge in [-0.1, -0.05) is 25.1 Å². The normalized spacial score (nSPS) is 12.7. The third-order valence-electron chi connectivity index (χ3n) is 3.67. The van der Waals surface area contributed by atoms with Crippen molar-refractivity contribution in [2.45, 2.75) is 26.3 Å². The van der Waals surface area contributed by atoms with Gasteiger partial charge in [-0.25, -0.2) is 0 Å². The lowest BCUT2D eigenvalue weighted by molar-refractivity contribution is 0.603. The maximum atomic E-state index is 4.48. The van der Waals surface area contributed by atoms with Gasteiger partial charge in [0.15, 0.2) is 0 Å². The molecule has 1 atom stereocenters. The van der Waals surface area contributed by atoms with Crippen LogP contribution in [0.1, 0.15) is 35.4 Å². The maximum absolute atomic E-state index is 4.48. The molecule has 0 radical (unpaired) electrons. The second kappa shape index (κ2) is 6.37. The van der Waals surface area contributed by atoms with E-state index in [9.17, 15) is 0 Å². The topological polar surface area (TPSA) is 24.9 Å². The fourth-order valence-corrected chi connectivity index (χ4v) is 3.42. The van der Waals surface area contributed by atoms with Crippen LogP contribution in [0.15, 0.2) is 48.0 Å². The Morgan fingerprint density at radius 3 is 2.90 bits per heavy atom. The van der Waals surface area contributed by atoms with E-state index in [4.69, 9.17) is 0 Å². The van der Waals surface area contributed by atoms with E-state index in [1.807, 2.05) is 23.6 Å². The Balaban J connectivity index is 2.09. The summed E-state index contributed by atoms with van der Waals surface area (Å²) in [6.45, 7) is 5.37. The predicted molar refractivity (Wildman–Crippen MR) is 90.9 cm³/mol. The Hall–Kier alpha value is -1.71. The van der Waals surface area contributed by atoms with Gasteiger partial charge >= 0.3 is 0 Å². The summed E-state index contributed by atoms with van der Waals surface area (Å²) in [6, 6.07) is 13.1. The molecule has 0 amide bonds. The van der Waals surface area contributed by atoms with Crippen molar-refractivity contribution in [1.82, 2.24) is 10.3 Å². The summed E-state index contributed by atoms with van der Waals surface area (Å²) < 4.78 is 0. The first-order chi connectivity index (χ1) is 10.3. The number of hydrogen-bond acceptors (Lipinski definition) is 3. The van der Waals surface area contributed by atoms with Crippen molar-refractivity contribution >= 4 is 22.2 Å². The number of fused-ring (bicyclic) bond motifs is 1. The second-order valence-corrected chi connectivity index (χ2v) is 6.41. The van der Waals surface area contributed by atoms with E-state index in [0.29, 0.717) is 0 Å². The molecule has 0 saturated heterocycles. The molecule has 3 heteroatoms. The monoisotopic (exact) mass is 296 g/mol. The molecule has 1 unspecified atom stereocenters. The summed E-state index contributed by atoms with van der Waals surface area (Å²) in [5.41, 5.74) is 3.72. The van der Waals surface area contributed by atoms with Crippen LogP contribution >= 0.6 is 11.3 Å². The molecule has 1 aromatic carbocycles. The van der Waals surface area contributed by atoms with Crippen LogP contribution < -0.4 is 5.32 Å². The first-order valence-corrected chi connectivity index (χ1v) is 8.29. The average molecular weight is 296 g/mol. The van der Waals surface area contributed by atoms with Crippen LogP contribution in [0.3, 0.4) is 0 Å². The van der Waals surface area contributed by atoms with Gasteiger partial charge in [-0.15, -0.1) is 11.3 Å². The lowest BCUT2D eigenvalue weighted by atomic mass is 9.96. The van der Waals surface area contributed by atoms with Gasteiger partial charge in [0.05, 0.1) is 11.6 Å². The number of thiophene rings is 1. The molecule has 1 N–H and O–H groups in total. The number of rotatable bonds is 5. The van der Waals surface area contributed by atoms with E-state index in [-0.39, 0.29) is 6.04 Å². The highest BCUT2D eigenvalue weighted by molar-refractivity contribution is 7.10. The summed E-state index contributed by atoms with van der Waals surface area (Å²) in [7, 11) is 0. The molecular weight excluding hydrogens is 276 g/mol. The second-order valence-electron chi connectivity index (χ2n) is 5.30. The van der Waals surface area contributed by atoms with Crippen molar-refractivity contribution in [3.8, 4) is 0 Å². The fourth-order valence-electron chi connectivity index (χ4n) is 2.69. The van der Waals surface area contributed by atoms with Crippen LogP contribution in [0.2, 0.25) is 0 Å². The fraction of sp³-hybridized carbons (Fsp3) is 0.278. The van der Waals surface area contributed by atoms with Crippen LogP contribution in [0, 0.1) is 6.92 Å². The van der Waals surface area contributed by atoms with Gasteiger partial charge < -0.3 is 5.32 Å². The van der Waals surface area contributed by atoms with E-state index in [1.165, 1.54) is 21.4 Å². The van der Waals surface area contributed by atoms with Crippen molar-refractivity contribution < 1.29 is 0 Å². The van der Waals surface area contributed by atoms with Crippen LogP contribution in [-0.4, -0.2) is 11.5 Å². The molecule has 3 rings (SSSR count). The van der Waals surface area contributed by atoms with E-state index in [0.717, 1.165) is 18.5 Å². The lowest BCUT2D eigenvalue weighted by Crippen LogP contribution is -2.23. The number of pyridine rings is 1. The Kier molecular flexibility index (Phi) is 4.32. The standard InChI is InChI=1S/C18H20N2S/c1-3-9-20-18(14-11-13(2)21-12-14)16-6-4-8-17-15(16)7-5-10-19-17/h4-8,10-12,18,20H,3,9H2,1-2H3. The number of aryl methyl sites for hydroxylation is 1. The Labute approximate surface area is 129 Å². The van der Waals surface area contributed by atoms with Gasteiger partial charge in [0.25, 0.3) is 0 Å². The minimum absolute atomic E-state index is 0.239. The molecule has 0 fully saturated rings. The molecule has 2 heterocycles. The Morgan fingerprint density at radius 1 is 1.24 bits per heavy atom. The Bertz CT molecular complexity index is 727. The first-order valence-electron chi connectivity index (χ1n) is 7.41. The van der Waals surface area contributed by atoms with Gasteiger partial charge in [0.1, 0.15) is 0 Å². The average Bonchev–Trinajstić information content (AvgIpc) is 2.94. The zero-order valence-electron chi connectivity index (χ0n) is 12.5. The molecular formula is C18H20N2S. The van der Waals surface area contributed by atoms with Crippen LogP contribution in [0.25, 0.3) is 10.9 Å². The highest BCUT2D eigenvalue weighted by atomic mass is 32.1. The summed E-state index contributed by atoms with van der Waals surface area (Å²) >= 11 is 1.81. The van der Waals surface area contributed by atoms with Crippen LogP contribution in [0.4, 0.5) is 0 Å². The molecule has 2 nitrogen and oxygen atoms in total. The molecule has 0 aliphatic rings. The summed E-state index contributed by atoms with van der Waals surface area (Å²) in [4.78, 5) is 5.83. The number of aromatic nitrogens is 1. The minimum Gasteiger partial charge on any atom is -0.306 e. The molecule has 21 heavy (non-hydrogen) atoms. The highest BCUT2D eigenvalue weighted by Crippen LogP contribution is 2.30. The third-order valence-corrected chi connectivity index (χ3v) is 4.55. The van der Waals surface area contributed by atoms with E-state index in [2.05, 4.69) is 59.9 Å². The molecule has 0 aliphatic heterocycles. The van der Waals surface area contributed by atoms with Crippen LogP contribution in [-0.2, 0) is 0 Å². The van der Waals surface area contributed by atoms with Gasteiger partial charge in [-0.3, -0.25) is 4.98 Å². The van der Waals surface area contributed by atoms with E-state index >= 15 is 0 Å². The van der Waals surface area contributed by atoms with Crippen molar-refractivity contribution in [2.24, 2.45) is 0 Å². The highest BCUT2D eigenvalue weighted by Gasteiger charge is 2.17. The van der Waals surface area contributed by atoms with Crippen molar-refractivity contribution in [1.29, 1.82) is 0 Å². The molecule has 0 aliphatic carbocycles. The minimum atomic E-state index is 0.239. The molecule has 0 bridgehead atoms.